The van der Waals surface area contributed by atoms with Gasteiger partial charge in [0.2, 0.25) is 3.79 Å². The van der Waals surface area contributed by atoms with Gasteiger partial charge in [0.1, 0.15) is 6.10 Å². The van der Waals surface area contributed by atoms with Crippen molar-refractivity contribution in [3.05, 3.63) is 0 Å². The summed E-state index contributed by atoms with van der Waals surface area (Å²) < 4.78 is 20.5. The van der Waals surface area contributed by atoms with Gasteiger partial charge < -0.3 is 5.11 Å². The Morgan fingerprint density at radius 1 is 1.38 bits per heavy atom. The second kappa shape index (κ2) is 4.53. The Hall–Kier alpha value is 0.780. The number of hydrogen-bond donors (Lipinski definition) is 1. The minimum absolute atomic E-state index is 0.0913. The van der Waals surface area contributed by atoms with E-state index in [9.17, 15) is 13.5 Å². The fraction of sp³-hybridized carbons (Fsp3) is 1.00. The van der Waals surface area contributed by atoms with Crippen molar-refractivity contribution >= 4 is 44.6 Å². The fourth-order valence-electron chi connectivity index (χ4n) is 0.725. The number of hydrogen-bond acceptors (Lipinski definition) is 3. The van der Waals surface area contributed by atoms with E-state index in [1.165, 1.54) is 13.8 Å². The molecular weight excluding hydrogens is 258 g/mol. The van der Waals surface area contributed by atoms with Crippen LogP contribution in [0.15, 0.2) is 0 Å². The third-order valence-corrected chi connectivity index (χ3v) is 4.62. The monoisotopic (exact) mass is 268 g/mol. The molecule has 80 valence electrons. The first-order chi connectivity index (χ1) is 5.63. The van der Waals surface area contributed by atoms with E-state index in [0.29, 0.717) is 0 Å². The SMILES string of the molecule is CCS(=O)(=O)C(C)C(O)C(Cl)(Cl)Cl. The summed E-state index contributed by atoms with van der Waals surface area (Å²) in [6.45, 7) is 2.78. The third kappa shape index (κ3) is 3.80. The molecule has 2 unspecified atom stereocenters. The van der Waals surface area contributed by atoms with Crippen LogP contribution in [-0.2, 0) is 9.84 Å². The van der Waals surface area contributed by atoms with Crippen molar-refractivity contribution in [2.45, 2.75) is 29.0 Å². The molecule has 0 aliphatic carbocycles. The second-order valence-electron chi connectivity index (χ2n) is 2.64. The molecule has 0 saturated carbocycles. The molecule has 0 bridgehead atoms. The van der Waals surface area contributed by atoms with Gasteiger partial charge in [-0.2, -0.15) is 0 Å². The molecule has 0 aromatic heterocycles. The topological polar surface area (TPSA) is 54.4 Å². The summed E-state index contributed by atoms with van der Waals surface area (Å²) in [6, 6.07) is 0. The Bertz CT molecular complexity index is 257. The van der Waals surface area contributed by atoms with Crippen molar-refractivity contribution in [1.82, 2.24) is 0 Å². The first-order valence-electron chi connectivity index (χ1n) is 3.59. The van der Waals surface area contributed by atoms with Gasteiger partial charge in [-0.3, -0.25) is 0 Å². The predicted molar refractivity (Wildman–Crippen MR) is 55.2 cm³/mol. The molecule has 0 radical (unpaired) electrons. The maximum atomic E-state index is 11.3. The summed E-state index contributed by atoms with van der Waals surface area (Å²) >= 11 is 16.1. The van der Waals surface area contributed by atoms with Gasteiger partial charge in [-0.25, -0.2) is 8.42 Å². The summed E-state index contributed by atoms with van der Waals surface area (Å²) in [5, 5.41) is 8.27. The van der Waals surface area contributed by atoms with Crippen LogP contribution in [0.4, 0.5) is 0 Å². The van der Waals surface area contributed by atoms with Crippen LogP contribution in [0, 0.1) is 0 Å². The van der Waals surface area contributed by atoms with Gasteiger partial charge in [-0.1, -0.05) is 41.7 Å². The van der Waals surface area contributed by atoms with Crippen LogP contribution < -0.4 is 0 Å². The van der Waals surface area contributed by atoms with Crippen LogP contribution in [0.2, 0.25) is 0 Å². The molecule has 0 aromatic rings. The minimum atomic E-state index is -3.38. The van der Waals surface area contributed by atoms with Crippen molar-refractivity contribution in [2.24, 2.45) is 0 Å². The standard InChI is InChI=1S/C6H11Cl3O3S/c1-3-13(11,12)4(2)5(10)6(7,8)9/h4-5,10H,3H2,1-2H3. The average Bonchev–Trinajstić information content (AvgIpc) is 2.00. The zero-order chi connectivity index (χ0) is 10.9. The van der Waals surface area contributed by atoms with Crippen LogP contribution in [-0.4, -0.2) is 34.4 Å². The van der Waals surface area contributed by atoms with Crippen molar-refractivity contribution in [3.8, 4) is 0 Å². The lowest BCUT2D eigenvalue weighted by molar-refractivity contribution is 0.177. The van der Waals surface area contributed by atoms with E-state index in [-0.39, 0.29) is 5.75 Å². The van der Waals surface area contributed by atoms with Crippen LogP contribution >= 0.6 is 34.8 Å². The number of rotatable bonds is 3. The van der Waals surface area contributed by atoms with E-state index < -0.39 is 25.0 Å². The van der Waals surface area contributed by atoms with Gasteiger partial charge in [0, 0.05) is 5.75 Å². The fourth-order valence-corrected chi connectivity index (χ4v) is 2.64. The molecule has 0 rings (SSSR count). The highest BCUT2D eigenvalue weighted by molar-refractivity contribution is 7.92. The molecule has 3 nitrogen and oxygen atoms in total. The number of aliphatic hydroxyl groups excluding tert-OH is 1. The van der Waals surface area contributed by atoms with E-state index in [4.69, 9.17) is 34.8 Å². The summed E-state index contributed by atoms with van der Waals surface area (Å²) in [6.07, 6.45) is -1.51. The molecule has 13 heavy (non-hydrogen) atoms. The summed E-state index contributed by atoms with van der Waals surface area (Å²) in [5.41, 5.74) is 0. The van der Waals surface area contributed by atoms with E-state index in [0.717, 1.165) is 0 Å². The van der Waals surface area contributed by atoms with Gasteiger partial charge in [-0.15, -0.1) is 0 Å². The first kappa shape index (κ1) is 13.8. The third-order valence-electron chi connectivity index (χ3n) is 1.75. The Morgan fingerprint density at radius 2 is 1.77 bits per heavy atom. The molecule has 0 spiro atoms. The van der Waals surface area contributed by atoms with E-state index in [1.54, 1.807) is 0 Å². The highest BCUT2D eigenvalue weighted by Crippen LogP contribution is 2.33. The highest BCUT2D eigenvalue weighted by Gasteiger charge is 2.40. The average molecular weight is 270 g/mol. The quantitative estimate of drug-likeness (QED) is 0.791. The number of alkyl halides is 3. The molecule has 0 amide bonds. The highest BCUT2D eigenvalue weighted by atomic mass is 35.6. The lowest BCUT2D eigenvalue weighted by Gasteiger charge is -2.24. The van der Waals surface area contributed by atoms with Crippen molar-refractivity contribution in [1.29, 1.82) is 0 Å². The van der Waals surface area contributed by atoms with Crippen LogP contribution in [0.1, 0.15) is 13.8 Å². The van der Waals surface area contributed by atoms with E-state index >= 15 is 0 Å². The Morgan fingerprint density at radius 3 is 2.00 bits per heavy atom. The van der Waals surface area contributed by atoms with E-state index in [2.05, 4.69) is 0 Å². The molecule has 0 aliphatic heterocycles. The van der Waals surface area contributed by atoms with Gasteiger partial charge >= 0.3 is 0 Å². The Balaban J connectivity index is 4.73. The molecular formula is C6H11Cl3O3S. The molecule has 0 heterocycles. The Labute approximate surface area is 92.9 Å². The Kier molecular flexibility index (Phi) is 4.80. The van der Waals surface area contributed by atoms with Crippen molar-refractivity contribution in [2.75, 3.05) is 5.75 Å². The van der Waals surface area contributed by atoms with Gasteiger partial charge in [-0.05, 0) is 6.92 Å². The number of aliphatic hydroxyl groups is 1. The zero-order valence-electron chi connectivity index (χ0n) is 7.17. The number of sulfone groups is 1. The summed E-state index contributed by atoms with van der Waals surface area (Å²) in [7, 11) is -3.38. The first-order valence-corrected chi connectivity index (χ1v) is 6.44. The maximum Gasteiger partial charge on any atom is 0.217 e. The van der Waals surface area contributed by atoms with E-state index in [1.807, 2.05) is 0 Å². The van der Waals surface area contributed by atoms with Crippen LogP contribution in [0.25, 0.3) is 0 Å². The molecule has 0 aliphatic rings. The van der Waals surface area contributed by atoms with Gasteiger partial charge in [0.25, 0.3) is 0 Å². The van der Waals surface area contributed by atoms with Crippen molar-refractivity contribution in [3.63, 3.8) is 0 Å². The van der Waals surface area contributed by atoms with Gasteiger partial charge in [0.15, 0.2) is 9.84 Å². The molecule has 0 saturated heterocycles. The lowest BCUT2D eigenvalue weighted by atomic mass is 10.3. The zero-order valence-corrected chi connectivity index (χ0v) is 10.3. The maximum absolute atomic E-state index is 11.3. The second-order valence-corrected chi connectivity index (χ2v) is 7.66. The molecule has 0 fully saturated rings. The molecule has 2 atom stereocenters. The van der Waals surface area contributed by atoms with Crippen LogP contribution in [0.3, 0.4) is 0 Å². The lowest BCUT2D eigenvalue weighted by Crippen LogP contribution is -2.41. The smallest absolute Gasteiger partial charge is 0.217 e. The van der Waals surface area contributed by atoms with Gasteiger partial charge in [0.05, 0.1) is 5.25 Å². The summed E-state index contributed by atoms with van der Waals surface area (Å²) in [4.78, 5) is 0. The minimum Gasteiger partial charge on any atom is -0.387 e. The van der Waals surface area contributed by atoms with Crippen LogP contribution in [0.5, 0.6) is 0 Å². The van der Waals surface area contributed by atoms with Crippen molar-refractivity contribution < 1.29 is 13.5 Å². The number of halogens is 3. The molecule has 0 aromatic carbocycles. The largest absolute Gasteiger partial charge is 0.387 e. The summed E-state index contributed by atoms with van der Waals surface area (Å²) in [5.74, 6) is -0.0913. The normalized spacial score (nSPS) is 18.3. The molecule has 7 heteroatoms. The predicted octanol–water partition coefficient (Wildman–Crippen LogP) is 1.54. The molecule has 1 N–H and O–H groups in total.